The summed E-state index contributed by atoms with van der Waals surface area (Å²) in [6.07, 6.45) is 0. The van der Waals surface area contributed by atoms with Gasteiger partial charge in [0.15, 0.2) is 0 Å². The van der Waals surface area contributed by atoms with Crippen LogP contribution >= 0.6 is 0 Å². The van der Waals surface area contributed by atoms with Gasteiger partial charge in [-0.25, -0.2) is 0 Å². The summed E-state index contributed by atoms with van der Waals surface area (Å²) in [4.78, 5) is 12.0. The SMILES string of the molecule is C=C(C(=O)Nc1cccc(C)c1)c1ccccc1. The van der Waals surface area contributed by atoms with Crippen molar-refractivity contribution in [2.45, 2.75) is 6.92 Å². The van der Waals surface area contributed by atoms with Gasteiger partial charge >= 0.3 is 0 Å². The Balaban J connectivity index is 2.11. The predicted octanol–water partition coefficient (Wildman–Crippen LogP) is 3.65. The van der Waals surface area contributed by atoms with Crippen molar-refractivity contribution in [3.63, 3.8) is 0 Å². The molecule has 0 unspecified atom stereocenters. The van der Waals surface area contributed by atoms with E-state index in [4.69, 9.17) is 0 Å². The van der Waals surface area contributed by atoms with E-state index in [0.29, 0.717) is 5.57 Å². The molecule has 18 heavy (non-hydrogen) atoms. The van der Waals surface area contributed by atoms with E-state index in [2.05, 4.69) is 11.9 Å². The van der Waals surface area contributed by atoms with Gasteiger partial charge in [-0.1, -0.05) is 49.0 Å². The molecule has 0 fully saturated rings. The first-order valence-corrected chi connectivity index (χ1v) is 5.79. The van der Waals surface area contributed by atoms with Gasteiger partial charge in [0.1, 0.15) is 0 Å². The van der Waals surface area contributed by atoms with Crippen LogP contribution in [0, 0.1) is 6.92 Å². The van der Waals surface area contributed by atoms with Crippen molar-refractivity contribution in [2.24, 2.45) is 0 Å². The molecule has 0 heterocycles. The Kier molecular flexibility index (Phi) is 3.58. The molecule has 0 spiro atoms. The number of amides is 1. The van der Waals surface area contributed by atoms with Gasteiger partial charge in [0.25, 0.3) is 5.91 Å². The highest BCUT2D eigenvalue weighted by molar-refractivity contribution is 6.24. The van der Waals surface area contributed by atoms with Crippen LogP contribution in [0.5, 0.6) is 0 Å². The maximum atomic E-state index is 12.0. The predicted molar refractivity (Wildman–Crippen MR) is 75.3 cm³/mol. The van der Waals surface area contributed by atoms with Gasteiger partial charge in [0, 0.05) is 11.3 Å². The van der Waals surface area contributed by atoms with Crippen LogP contribution < -0.4 is 5.32 Å². The Morgan fingerprint density at radius 3 is 2.44 bits per heavy atom. The fraction of sp³-hybridized carbons (Fsp3) is 0.0625. The molecule has 0 aliphatic rings. The smallest absolute Gasteiger partial charge is 0.255 e. The number of nitrogens with one attached hydrogen (secondary N) is 1. The highest BCUT2D eigenvalue weighted by atomic mass is 16.1. The number of rotatable bonds is 3. The van der Waals surface area contributed by atoms with Gasteiger partial charge in [-0.2, -0.15) is 0 Å². The van der Waals surface area contributed by atoms with E-state index in [1.54, 1.807) is 0 Å². The van der Waals surface area contributed by atoms with Gasteiger partial charge in [0.05, 0.1) is 0 Å². The van der Waals surface area contributed by atoms with Crippen molar-refractivity contribution in [1.29, 1.82) is 0 Å². The molecule has 0 saturated heterocycles. The number of hydrogen-bond acceptors (Lipinski definition) is 1. The summed E-state index contributed by atoms with van der Waals surface area (Å²) < 4.78 is 0. The normalized spacial score (nSPS) is 9.83. The largest absolute Gasteiger partial charge is 0.322 e. The molecule has 0 aromatic heterocycles. The highest BCUT2D eigenvalue weighted by Gasteiger charge is 2.09. The molecule has 1 amide bonds. The fourth-order valence-corrected chi connectivity index (χ4v) is 1.70. The summed E-state index contributed by atoms with van der Waals surface area (Å²) in [5.74, 6) is -0.174. The van der Waals surface area contributed by atoms with Crippen LogP contribution in [0.1, 0.15) is 11.1 Å². The van der Waals surface area contributed by atoms with Crippen LogP contribution in [0.3, 0.4) is 0 Å². The summed E-state index contributed by atoms with van der Waals surface area (Å²) in [6, 6.07) is 17.1. The van der Waals surface area contributed by atoms with Crippen LogP contribution in [-0.4, -0.2) is 5.91 Å². The second-order valence-corrected chi connectivity index (χ2v) is 4.17. The topological polar surface area (TPSA) is 29.1 Å². The number of carbonyl (C=O) groups excluding carboxylic acids is 1. The second kappa shape index (κ2) is 5.32. The standard InChI is InChI=1S/C16H15NO/c1-12-7-6-10-15(11-12)17-16(18)13(2)14-8-4-3-5-9-14/h3-11H,2H2,1H3,(H,17,18). The third-order valence-electron chi connectivity index (χ3n) is 2.67. The summed E-state index contributed by atoms with van der Waals surface area (Å²) in [5.41, 5.74) is 3.20. The van der Waals surface area contributed by atoms with E-state index in [1.165, 1.54) is 0 Å². The van der Waals surface area contributed by atoms with Crippen molar-refractivity contribution in [1.82, 2.24) is 0 Å². The quantitative estimate of drug-likeness (QED) is 0.811. The van der Waals surface area contributed by atoms with Gasteiger partial charge in [-0.05, 0) is 30.2 Å². The van der Waals surface area contributed by atoms with Crippen molar-refractivity contribution < 1.29 is 4.79 Å². The van der Waals surface area contributed by atoms with Crippen molar-refractivity contribution >= 4 is 17.2 Å². The molecule has 0 bridgehead atoms. The lowest BCUT2D eigenvalue weighted by molar-refractivity contribution is -0.111. The molecule has 0 atom stereocenters. The van der Waals surface area contributed by atoms with Gasteiger partial charge in [-0.15, -0.1) is 0 Å². The summed E-state index contributed by atoms with van der Waals surface area (Å²) in [5, 5.41) is 2.84. The molecule has 0 aliphatic heterocycles. The minimum Gasteiger partial charge on any atom is -0.322 e. The average Bonchev–Trinajstić information content (AvgIpc) is 2.39. The Bertz CT molecular complexity index is 573. The van der Waals surface area contributed by atoms with Gasteiger partial charge in [0.2, 0.25) is 0 Å². The first-order valence-electron chi connectivity index (χ1n) is 5.79. The molecule has 2 heteroatoms. The summed E-state index contributed by atoms with van der Waals surface area (Å²) in [6.45, 7) is 5.82. The Hall–Kier alpha value is -2.35. The number of anilines is 1. The van der Waals surface area contributed by atoms with Crippen LogP contribution in [0.25, 0.3) is 5.57 Å². The minimum absolute atomic E-state index is 0.174. The van der Waals surface area contributed by atoms with E-state index in [-0.39, 0.29) is 5.91 Å². The van der Waals surface area contributed by atoms with Crippen molar-refractivity contribution in [3.8, 4) is 0 Å². The van der Waals surface area contributed by atoms with E-state index in [0.717, 1.165) is 16.8 Å². The zero-order valence-corrected chi connectivity index (χ0v) is 10.3. The Morgan fingerprint density at radius 1 is 1.06 bits per heavy atom. The van der Waals surface area contributed by atoms with E-state index in [9.17, 15) is 4.79 Å². The summed E-state index contributed by atoms with van der Waals surface area (Å²) in [7, 11) is 0. The summed E-state index contributed by atoms with van der Waals surface area (Å²) >= 11 is 0. The van der Waals surface area contributed by atoms with Crippen LogP contribution in [-0.2, 0) is 4.79 Å². The molecular weight excluding hydrogens is 222 g/mol. The fourth-order valence-electron chi connectivity index (χ4n) is 1.70. The zero-order chi connectivity index (χ0) is 13.0. The third-order valence-corrected chi connectivity index (χ3v) is 2.67. The molecule has 2 rings (SSSR count). The van der Waals surface area contributed by atoms with Crippen molar-refractivity contribution in [3.05, 3.63) is 72.3 Å². The van der Waals surface area contributed by atoms with E-state index in [1.807, 2.05) is 61.5 Å². The monoisotopic (exact) mass is 237 g/mol. The van der Waals surface area contributed by atoms with Gasteiger partial charge in [-0.3, -0.25) is 4.79 Å². The lowest BCUT2D eigenvalue weighted by atomic mass is 10.1. The van der Waals surface area contributed by atoms with Crippen LogP contribution in [0.2, 0.25) is 0 Å². The zero-order valence-electron chi connectivity index (χ0n) is 10.3. The van der Waals surface area contributed by atoms with E-state index >= 15 is 0 Å². The first-order chi connectivity index (χ1) is 8.66. The molecule has 1 N–H and O–H groups in total. The number of hydrogen-bond donors (Lipinski definition) is 1. The molecule has 0 aliphatic carbocycles. The molecule has 2 aromatic rings. The van der Waals surface area contributed by atoms with Crippen LogP contribution in [0.4, 0.5) is 5.69 Å². The molecule has 0 radical (unpaired) electrons. The van der Waals surface area contributed by atoms with Crippen LogP contribution in [0.15, 0.2) is 61.2 Å². The maximum Gasteiger partial charge on any atom is 0.255 e. The lowest BCUT2D eigenvalue weighted by Crippen LogP contribution is -2.12. The first kappa shape index (κ1) is 12.1. The number of aryl methyl sites for hydroxylation is 1. The molecule has 2 nitrogen and oxygen atoms in total. The van der Waals surface area contributed by atoms with E-state index < -0.39 is 0 Å². The average molecular weight is 237 g/mol. The van der Waals surface area contributed by atoms with Gasteiger partial charge < -0.3 is 5.32 Å². The second-order valence-electron chi connectivity index (χ2n) is 4.17. The molecular formula is C16H15NO. The number of carbonyl (C=O) groups is 1. The number of benzene rings is 2. The lowest BCUT2D eigenvalue weighted by Gasteiger charge is -2.08. The molecule has 0 saturated carbocycles. The Labute approximate surface area is 107 Å². The third kappa shape index (κ3) is 2.86. The minimum atomic E-state index is -0.174. The maximum absolute atomic E-state index is 12.0. The van der Waals surface area contributed by atoms with Crippen molar-refractivity contribution in [2.75, 3.05) is 5.32 Å². The Morgan fingerprint density at radius 2 is 1.78 bits per heavy atom. The molecule has 2 aromatic carbocycles. The molecule has 90 valence electrons. The highest BCUT2D eigenvalue weighted by Crippen LogP contribution is 2.16.